The first-order valence-corrected chi connectivity index (χ1v) is 9.30. The van der Waals surface area contributed by atoms with Crippen LogP contribution in [0.15, 0.2) is 17.1 Å². The largest absolute Gasteiger partial charge is 0.357 e. The maximum Gasteiger partial charge on any atom is 0.191 e. The van der Waals surface area contributed by atoms with E-state index in [4.69, 9.17) is 0 Å². The Labute approximate surface area is 131 Å². The van der Waals surface area contributed by atoms with Crippen LogP contribution in [0, 0.1) is 2.88 Å². The molecular formula is C12H20IN3S2. The number of aliphatic imine (C=N–C) groups is 1. The zero-order valence-corrected chi connectivity index (χ0v) is 14.6. The van der Waals surface area contributed by atoms with E-state index in [1.165, 1.54) is 7.76 Å². The van der Waals surface area contributed by atoms with E-state index in [1.807, 2.05) is 23.1 Å². The molecule has 1 heterocycles. The summed E-state index contributed by atoms with van der Waals surface area (Å²) in [6.07, 6.45) is 3.16. The monoisotopic (exact) mass is 397 g/mol. The first-order chi connectivity index (χ1) is 8.76. The second kappa shape index (κ2) is 9.91. The quantitative estimate of drug-likeness (QED) is 0.322. The summed E-state index contributed by atoms with van der Waals surface area (Å²) in [6.45, 7) is 4.80. The molecule has 0 fully saturated rings. The lowest BCUT2D eigenvalue weighted by Crippen LogP contribution is -2.38. The minimum absolute atomic E-state index is 0.868. The van der Waals surface area contributed by atoms with Gasteiger partial charge in [-0.25, -0.2) is 0 Å². The summed E-state index contributed by atoms with van der Waals surface area (Å²) in [5, 5.41) is 6.64. The van der Waals surface area contributed by atoms with Crippen molar-refractivity contribution in [3.05, 3.63) is 19.9 Å². The van der Waals surface area contributed by atoms with E-state index in [0.29, 0.717) is 0 Å². The average Bonchev–Trinajstić information content (AvgIpc) is 2.75. The van der Waals surface area contributed by atoms with Crippen molar-refractivity contribution in [2.75, 3.05) is 31.6 Å². The van der Waals surface area contributed by atoms with Crippen LogP contribution in [-0.4, -0.2) is 37.6 Å². The molecule has 18 heavy (non-hydrogen) atoms. The first kappa shape index (κ1) is 16.1. The van der Waals surface area contributed by atoms with Crippen LogP contribution < -0.4 is 10.6 Å². The van der Waals surface area contributed by atoms with E-state index >= 15 is 0 Å². The number of rotatable bonds is 7. The molecule has 0 aliphatic rings. The lowest BCUT2D eigenvalue weighted by Gasteiger charge is -2.10. The van der Waals surface area contributed by atoms with Gasteiger partial charge in [-0.2, -0.15) is 11.8 Å². The van der Waals surface area contributed by atoms with Gasteiger partial charge in [0.05, 0.1) is 9.43 Å². The highest BCUT2D eigenvalue weighted by Gasteiger charge is 1.99. The van der Waals surface area contributed by atoms with Crippen LogP contribution in [0.1, 0.15) is 11.8 Å². The normalized spacial score (nSPS) is 11.6. The van der Waals surface area contributed by atoms with E-state index in [2.05, 4.69) is 63.5 Å². The molecule has 1 aromatic heterocycles. The van der Waals surface area contributed by atoms with Crippen LogP contribution in [0.4, 0.5) is 0 Å². The van der Waals surface area contributed by atoms with E-state index in [0.717, 1.165) is 37.8 Å². The molecule has 0 saturated carbocycles. The van der Waals surface area contributed by atoms with E-state index in [-0.39, 0.29) is 0 Å². The van der Waals surface area contributed by atoms with Crippen LogP contribution >= 0.6 is 45.7 Å². The topological polar surface area (TPSA) is 36.4 Å². The molecule has 0 spiro atoms. The molecule has 0 aliphatic heterocycles. The smallest absolute Gasteiger partial charge is 0.191 e. The Balaban J connectivity index is 2.30. The van der Waals surface area contributed by atoms with Crippen molar-refractivity contribution < 1.29 is 0 Å². The van der Waals surface area contributed by atoms with Crippen LogP contribution in [-0.2, 0) is 6.42 Å². The summed E-state index contributed by atoms with van der Waals surface area (Å²) in [5.74, 6) is 2.00. The maximum atomic E-state index is 4.52. The number of halogens is 1. The van der Waals surface area contributed by atoms with Gasteiger partial charge in [-0.05, 0) is 54.3 Å². The van der Waals surface area contributed by atoms with Crippen molar-refractivity contribution >= 4 is 51.6 Å². The highest BCUT2D eigenvalue weighted by Crippen LogP contribution is 2.18. The minimum Gasteiger partial charge on any atom is -0.357 e. The Morgan fingerprint density at radius 3 is 2.89 bits per heavy atom. The summed E-state index contributed by atoms with van der Waals surface area (Å²) in [6, 6.07) is 4.37. The molecule has 1 aromatic rings. The zero-order chi connectivity index (χ0) is 13.2. The van der Waals surface area contributed by atoms with Crippen molar-refractivity contribution in [2.24, 2.45) is 4.99 Å². The van der Waals surface area contributed by atoms with Gasteiger partial charge in [0.25, 0.3) is 0 Å². The van der Waals surface area contributed by atoms with Crippen LogP contribution in [0.5, 0.6) is 0 Å². The number of nitrogens with zero attached hydrogens (tertiary/aromatic N) is 1. The molecule has 0 unspecified atom stereocenters. The molecule has 0 amide bonds. The second-order valence-corrected chi connectivity index (χ2v) is 7.68. The number of guanidine groups is 1. The Morgan fingerprint density at radius 1 is 1.44 bits per heavy atom. The minimum atomic E-state index is 0.868. The SMILES string of the molecule is CCNC(=NCCSC)NCCc1ccc(I)s1. The highest BCUT2D eigenvalue weighted by molar-refractivity contribution is 14.1. The predicted molar refractivity (Wildman–Crippen MR) is 93.1 cm³/mol. The van der Waals surface area contributed by atoms with Crippen LogP contribution in [0.25, 0.3) is 0 Å². The van der Waals surface area contributed by atoms with E-state index in [9.17, 15) is 0 Å². The van der Waals surface area contributed by atoms with Crippen molar-refractivity contribution in [1.29, 1.82) is 0 Å². The fourth-order valence-corrected chi connectivity index (χ4v) is 3.41. The molecule has 2 N–H and O–H groups in total. The summed E-state index contributed by atoms with van der Waals surface area (Å²) >= 11 is 6.04. The third-order valence-electron chi connectivity index (χ3n) is 2.20. The second-order valence-electron chi connectivity index (χ2n) is 3.64. The van der Waals surface area contributed by atoms with E-state index < -0.39 is 0 Å². The molecule has 0 saturated heterocycles. The van der Waals surface area contributed by atoms with Crippen LogP contribution in [0.3, 0.4) is 0 Å². The van der Waals surface area contributed by atoms with Gasteiger partial charge in [-0.15, -0.1) is 11.3 Å². The summed E-state index contributed by atoms with van der Waals surface area (Å²) in [4.78, 5) is 5.94. The lowest BCUT2D eigenvalue weighted by molar-refractivity contribution is 0.809. The molecule has 1 rings (SSSR count). The Kier molecular flexibility index (Phi) is 8.87. The molecule has 6 heteroatoms. The molecule has 102 valence electrons. The van der Waals surface area contributed by atoms with Crippen molar-refractivity contribution in [3.63, 3.8) is 0 Å². The zero-order valence-electron chi connectivity index (χ0n) is 10.8. The molecule has 0 bridgehead atoms. The Hall–Kier alpha value is 0.0500. The van der Waals surface area contributed by atoms with Gasteiger partial charge < -0.3 is 10.6 Å². The predicted octanol–water partition coefficient (Wildman–Crippen LogP) is 2.81. The fourth-order valence-electron chi connectivity index (χ4n) is 1.38. The van der Waals surface area contributed by atoms with Gasteiger partial charge in [-0.1, -0.05) is 0 Å². The van der Waals surface area contributed by atoms with Gasteiger partial charge in [0.15, 0.2) is 5.96 Å². The molecule has 0 aliphatic carbocycles. The molecule has 0 atom stereocenters. The van der Waals surface area contributed by atoms with Crippen LogP contribution in [0.2, 0.25) is 0 Å². The third kappa shape index (κ3) is 6.84. The fraction of sp³-hybridized carbons (Fsp3) is 0.583. The van der Waals surface area contributed by atoms with Gasteiger partial charge in [0.1, 0.15) is 0 Å². The maximum absolute atomic E-state index is 4.52. The van der Waals surface area contributed by atoms with Gasteiger partial charge in [0.2, 0.25) is 0 Å². The average molecular weight is 397 g/mol. The number of thiophene rings is 1. The van der Waals surface area contributed by atoms with Crippen molar-refractivity contribution in [2.45, 2.75) is 13.3 Å². The number of hydrogen-bond donors (Lipinski definition) is 2. The van der Waals surface area contributed by atoms with E-state index in [1.54, 1.807) is 0 Å². The number of nitrogens with one attached hydrogen (secondary N) is 2. The number of thioether (sulfide) groups is 1. The lowest BCUT2D eigenvalue weighted by atomic mass is 10.3. The molecule has 3 nitrogen and oxygen atoms in total. The van der Waals surface area contributed by atoms with Gasteiger partial charge in [-0.3, -0.25) is 4.99 Å². The highest BCUT2D eigenvalue weighted by atomic mass is 127. The third-order valence-corrected chi connectivity index (χ3v) is 4.75. The molecule has 0 aromatic carbocycles. The first-order valence-electron chi connectivity index (χ1n) is 6.01. The Morgan fingerprint density at radius 2 is 2.28 bits per heavy atom. The van der Waals surface area contributed by atoms with Crippen molar-refractivity contribution in [1.82, 2.24) is 10.6 Å². The summed E-state index contributed by atoms with van der Waals surface area (Å²) in [7, 11) is 0. The molecule has 0 radical (unpaired) electrons. The standard InChI is InChI=1S/C12H20IN3S2/c1-3-14-12(16-8-9-17-2)15-7-6-10-4-5-11(13)18-10/h4-5H,3,6-9H2,1-2H3,(H2,14,15,16). The van der Waals surface area contributed by atoms with Gasteiger partial charge >= 0.3 is 0 Å². The number of hydrogen-bond acceptors (Lipinski definition) is 3. The molecular weight excluding hydrogens is 377 g/mol. The summed E-state index contributed by atoms with van der Waals surface area (Å²) in [5.41, 5.74) is 0. The van der Waals surface area contributed by atoms with Gasteiger partial charge in [0, 0.05) is 23.7 Å². The Bertz CT molecular complexity index is 366. The summed E-state index contributed by atoms with van der Waals surface area (Å²) < 4.78 is 1.35. The van der Waals surface area contributed by atoms with Crippen molar-refractivity contribution in [3.8, 4) is 0 Å².